The standard InChI is InChI=1S/C59H102O6/c1-4-7-10-13-16-19-22-25-27-29-30-31-33-34-37-40-43-46-49-52-58(61)64-55-56(54-63-57(60)51-48-45-42-39-36-24-21-18-15-12-9-6-3)65-59(62)53-50-47-44-41-38-35-32-28-26-23-20-17-14-11-8-5-2/h8-9,11-12,17-18,20-21,26,28,36,39,56H,4-7,10,13-16,19,22-25,27,29-35,37-38,40-55H2,1-3H3/b11-8-,12-9-,20-17-,21-18-,28-26-,39-36-. The topological polar surface area (TPSA) is 78.9 Å². The minimum atomic E-state index is -0.796. The van der Waals surface area contributed by atoms with Gasteiger partial charge in [-0.2, -0.15) is 0 Å². The zero-order chi connectivity index (χ0) is 47.2. The van der Waals surface area contributed by atoms with E-state index < -0.39 is 6.10 Å². The summed E-state index contributed by atoms with van der Waals surface area (Å²) in [7, 11) is 0. The Morgan fingerprint density at radius 3 is 0.969 bits per heavy atom. The maximum Gasteiger partial charge on any atom is 0.306 e. The average Bonchev–Trinajstić information content (AvgIpc) is 3.30. The van der Waals surface area contributed by atoms with Crippen LogP contribution in [0.15, 0.2) is 72.9 Å². The second-order valence-corrected chi connectivity index (χ2v) is 18.1. The van der Waals surface area contributed by atoms with Crippen molar-refractivity contribution in [2.75, 3.05) is 13.2 Å². The number of allylic oxidation sites excluding steroid dienone is 12. The summed E-state index contributed by atoms with van der Waals surface area (Å²) in [4.78, 5) is 38.0. The highest BCUT2D eigenvalue weighted by atomic mass is 16.6. The van der Waals surface area contributed by atoms with Gasteiger partial charge in [0.2, 0.25) is 0 Å². The predicted octanol–water partition coefficient (Wildman–Crippen LogP) is 18.2. The molecule has 1 unspecified atom stereocenters. The van der Waals surface area contributed by atoms with E-state index in [2.05, 4.69) is 93.7 Å². The first-order valence-electron chi connectivity index (χ1n) is 27.4. The van der Waals surface area contributed by atoms with Crippen molar-refractivity contribution >= 4 is 17.9 Å². The van der Waals surface area contributed by atoms with E-state index in [1.54, 1.807) is 0 Å². The van der Waals surface area contributed by atoms with Crippen molar-refractivity contribution < 1.29 is 28.6 Å². The lowest BCUT2D eigenvalue weighted by atomic mass is 10.0. The van der Waals surface area contributed by atoms with Crippen LogP contribution >= 0.6 is 0 Å². The summed E-state index contributed by atoms with van der Waals surface area (Å²) in [5, 5.41) is 0. The molecule has 6 heteroatoms. The van der Waals surface area contributed by atoms with Crippen molar-refractivity contribution in [2.45, 2.75) is 271 Å². The van der Waals surface area contributed by atoms with Crippen LogP contribution in [0.4, 0.5) is 0 Å². The smallest absolute Gasteiger partial charge is 0.306 e. The molecule has 0 N–H and O–H groups in total. The molecule has 0 rings (SSSR count). The lowest BCUT2D eigenvalue weighted by Crippen LogP contribution is -2.30. The summed E-state index contributed by atoms with van der Waals surface area (Å²) in [5.74, 6) is -0.939. The van der Waals surface area contributed by atoms with Crippen LogP contribution in [0.1, 0.15) is 265 Å². The van der Waals surface area contributed by atoms with Crippen LogP contribution in [0, 0.1) is 0 Å². The summed E-state index contributed by atoms with van der Waals surface area (Å²) in [6.07, 6.45) is 67.6. The van der Waals surface area contributed by atoms with E-state index in [0.29, 0.717) is 19.3 Å². The van der Waals surface area contributed by atoms with Crippen LogP contribution in [0.3, 0.4) is 0 Å². The molecule has 0 aliphatic rings. The molecule has 0 aromatic heterocycles. The molecular weight excluding hydrogens is 805 g/mol. The molecule has 0 spiro atoms. The first kappa shape index (κ1) is 61.9. The van der Waals surface area contributed by atoms with Crippen molar-refractivity contribution in [3.05, 3.63) is 72.9 Å². The number of carbonyl (C=O) groups is 3. The molecule has 1 atom stereocenters. The number of unbranched alkanes of at least 4 members (excludes halogenated alkanes) is 26. The fourth-order valence-electron chi connectivity index (χ4n) is 7.65. The van der Waals surface area contributed by atoms with Gasteiger partial charge in [-0.05, 0) is 83.5 Å². The van der Waals surface area contributed by atoms with E-state index >= 15 is 0 Å². The fraction of sp³-hybridized carbons (Fsp3) is 0.746. The Kier molecular flexibility index (Phi) is 50.9. The third-order valence-electron chi connectivity index (χ3n) is 11.7. The average molecular weight is 907 g/mol. The van der Waals surface area contributed by atoms with Gasteiger partial charge in [0.05, 0.1) is 0 Å². The van der Waals surface area contributed by atoms with Gasteiger partial charge in [0, 0.05) is 19.3 Å². The number of hydrogen-bond acceptors (Lipinski definition) is 6. The van der Waals surface area contributed by atoms with Gasteiger partial charge < -0.3 is 14.2 Å². The van der Waals surface area contributed by atoms with E-state index in [0.717, 1.165) is 109 Å². The molecular formula is C59H102O6. The molecule has 0 aromatic rings. The molecule has 0 saturated carbocycles. The molecule has 0 radical (unpaired) electrons. The molecule has 374 valence electrons. The molecule has 0 aliphatic carbocycles. The van der Waals surface area contributed by atoms with Gasteiger partial charge in [-0.15, -0.1) is 0 Å². The van der Waals surface area contributed by atoms with Gasteiger partial charge >= 0.3 is 17.9 Å². The lowest BCUT2D eigenvalue weighted by Gasteiger charge is -2.18. The van der Waals surface area contributed by atoms with E-state index in [4.69, 9.17) is 14.2 Å². The van der Waals surface area contributed by atoms with Crippen molar-refractivity contribution in [1.29, 1.82) is 0 Å². The van der Waals surface area contributed by atoms with Gasteiger partial charge in [-0.1, -0.05) is 235 Å². The van der Waals surface area contributed by atoms with E-state index in [1.165, 1.54) is 116 Å². The van der Waals surface area contributed by atoms with Crippen molar-refractivity contribution in [3.8, 4) is 0 Å². The predicted molar refractivity (Wildman–Crippen MR) is 279 cm³/mol. The van der Waals surface area contributed by atoms with Crippen LogP contribution in [-0.2, 0) is 28.6 Å². The van der Waals surface area contributed by atoms with Crippen LogP contribution in [0.2, 0.25) is 0 Å². The maximum absolute atomic E-state index is 12.8. The maximum atomic E-state index is 12.8. The second kappa shape index (κ2) is 53.5. The molecule has 0 heterocycles. The van der Waals surface area contributed by atoms with Crippen LogP contribution < -0.4 is 0 Å². The number of rotatable bonds is 49. The summed E-state index contributed by atoms with van der Waals surface area (Å²) >= 11 is 0. The molecule has 0 saturated heterocycles. The minimum Gasteiger partial charge on any atom is -0.462 e. The van der Waals surface area contributed by atoms with Crippen LogP contribution in [0.25, 0.3) is 0 Å². The Morgan fingerprint density at radius 1 is 0.323 bits per heavy atom. The normalized spacial score (nSPS) is 12.6. The Hall–Kier alpha value is -3.15. The molecule has 0 amide bonds. The van der Waals surface area contributed by atoms with E-state index in [-0.39, 0.29) is 31.1 Å². The van der Waals surface area contributed by atoms with Crippen molar-refractivity contribution in [3.63, 3.8) is 0 Å². The molecule has 6 nitrogen and oxygen atoms in total. The Balaban J connectivity index is 4.37. The monoisotopic (exact) mass is 907 g/mol. The zero-order valence-corrected chi connectivity index (χ0v) is 42.7. The largest absolute Gasteiger partial charge is 0.462 e. The zero-order valence-electron chi connectivity index (χ0n) is 42.7. The van der Waals surface area contributed by atoms with Gasteiger partial charge in [-0.3, -0.25) is 14.4 Å². The number of hydrogen-bond donors (Lipinski definition) is 0. The number of ether oxygens (including phenoxy) is 3. The van der Waals surface area contributed by atoms with Crippen LogP contribution in [0.5, 0.6) is 0 Å². The van der Waals surface area contributed by atoms with Crippen molar-refractivity contribution in [1.82, 2.24) is 0 Å². The first-order valence-corrected chi connectivity index (χ1v) is 27.4. The number of esters is 3. The summed E-state index contributed by atoms with van der Waals surface area (Å²) < 4.78 is 16.8. The molecule has 0 bridgehead atoms. The Bertz CT molecular complexity index is 1230. The van der Waals surface area contributed by atoms with Gasteiger partial charge in [0.25, 0.3) is 0 Å². The quantitative estimate of drug-likeness (QED) is 0.0262. The Morgan fingerprint density at radius 2 is 0.600 bits per heavy atom. The number of carbonyl (C=O) groups excluding carboxylic acids is 3. The van der Waals surface area contributed by atoms with E-state index in [9.17, 15) is 14.4 Å². The second-order valence-electron chi connectivity index (χ2n) is 18.1. The highest BCUT2D eigenvalue weighted by Crippen LogP contribution is 2.16. The highest BCUT2D eigenvalue weighted by Gasteiger charge is 2.19. The van der Waals surface area contributed by atoms with E-state index in [1.807, 2.05) is 0 Å². The SMILES string of the molecule is CC/C=C\C/C=C\C/C=C\CCCCCCCCC(=O)OC(COC(=O)CCCC/C=C\C/C=C\C/C=C\CC)COC(=O)CCCCCCCCCCCCCCCCCCCCC. The minimum absolute atomic E-state index is 0.0911. The summed E-state index contributed by atoms with van der Waals surface area (Å²) in [6, 6.07) is 0. The third kappa shape index (κ3) is 51.7. The third-order valence-corrected chi connectivity index (χ3v) is 11.7. The van der Waals surface area contributed by atoms with Crippen molar-refractivity contribution in [2.24, 2.45) is 0 Å². The highest BCUT2D eigenvalue weighted by molar-refractivity contribution is 5.71. The van der Waals surface area contributed by atoms with Gasteiger partial charge in [0.15, 0.2) is 6.10 Å². The molecule has 65 heavy (non-hydrogen) atoms. The fourth-order valence-corrected chi connectivity index (χ4v) is 7.65. The van der Waals surface area contributed by atoms with Crippen LogP contribution in [-0.4, -0.2) is 37.2 Å². The molecule has 0 aromatic carbocycles. The molecule has 0 fully saturated rings. The first-order chi connectivity index (χ1) is 32.0. The Labute approximate surface area is 402 Å². The van der Waals surface area contributed by atoms with Gasteiger partial charge in [-0.25, -0.2) is 0 Å². The lowest BCUT2D eigenvalue weighted by molar-refractivity contribution is -0.167. The summed E-state index contributed by atoms with van der Waals surface area (Å²) in [5.41, 5.74) is 0. The summed E-state index contributed by atoms with van der Waals surface area (Å²) in [6.45, 7) is 6.39. The molecule has 0 aliphatic heterocycles. The van der Waals surface area contributed by atoms with Gasteiger partial charge in [0.1, 0.15) is 13.2 Å².